The molecule has 0 aromatic heterocycles. The summed E-state index contributed by atoms with van der Waals surface area (Å²) in [6.45, 7) is 0. The van der Waals surface area contributed by atoms with Crippen molar-refractivity contribution in [1.82, 2.24) is 0 Å². The molecule has 11 heteroatoms. The first-order valence-electron chi connectivity index (χ1n) is 6.20. The van der Waals surface area contributed by atoms with Crippen LogP contribution in [0.2, 0.25) is 5.02 Å². The van der Waals surface area contributed by atoms with Gasteiger partial charge in [0.15, 0.2) is 9.84 Å². The lowest BCUT2D eigenvalue weighted by atomic mass is 10.3. The van der Waals surface area contributed by atoms with Gasteiger partial charge in [0.1, 0.15) is 15.7 Å². The second-order valence-corrected chi connectivity index (χ2v) is 8.53. The normalized spacial score (nSPS) is 11.9. The average Bonchev–Trinajstić information content (AvgIpc) is 2.45. The second-order valence-electron chi connectivity index (χ2n) is 4.63. The van der Waals surface area contributed by atoms with Crippen LogP contribution in [-0.2, 0) is 20.0 Å². The van der Waals surface area contributed by atoms with Gasteiger partial charge in [0.05, 0.1) is 9.82 Å². The maximum absolute atomic E-state index is 12.3. The molecule has 128 valence electrons. The van der Waals surface area contributed by atoms with E-state index in [1.807, 2.05) is 0 Å². The minimum Gasteiger partial charge on any atom is -0.379 e. The van der Waals surface area contributed by atoms with E-state index >= 15 is 0 Å². The summed E-state index contributed by atoms with van der Waals surface area (Å²) in [7, 11) is -8.29. The quantitative estimate of drug-likeness (QED) is 0.436. The van der Waals surface area contributed by atoms with E-state index in [1.165, 1.54) is 12.1 Å². The smallest absolute Gasteiger partial charge is 0.340 e. The number of hydrogen-bond acceptors (Lipinski definition) is 7. The molecule has 8 nitrogen and oxygen atoms in total. The molecule has 0 saturated carbocycles. The highest BCUT2D eigenvalue weighted by atomic mass is 35.5. The SMILES string of the molecule is CS(=O)(=O)c1ccccc1S(=O)(=O)Oc1ccc([N+](=O)[O-])c(Cl)c1. The van der Waals surface area contributed by atoms with E-state index in [2.05, 4.69) is 0 Å². The monoisotopic (exact) mass is 391 g/mol. The summed E-state index contributed by atoms with van der Waals surface area (Å²) in [6, 6.07) is 7.92. The summed E-state index contributed by atoms with van der Waals surface area (Å²) < 4.78 is 52.9. The van der Waals surface area contributed by atoms with E-state index in [0.29, 0.717) is 0 Å². The van der Waals surface area contributed by atoms with E-state index in [4.69, 9.17) is 15.8 Å². The predicted octanol–water partition coefficient (Wildman–Crippen LogP) is 2.42. The van der Waals surface area contributed by atoms with Gasteiger partial charge in [-0.1, -0.05) is 23.7 Å². The maximum atomic E-state index is 12.3. The van der Waals surface area contributed by atoms with Crippen molar-refractivity contribution in [1.29, 1.82) is 0 Å². The molecule has 0 heterocycles. The van der Waals surface area contributed by atoms with Crippen molar-refractivity contribution in [3.8, 4) is 5.75 Å². The number of benzene rings is 2. The molecule has 0 saturated heterocycles. The Morgan fingerprint density at radius 1 is 1.04 bits per heavy atom. The van der Waals surface area contributed by atoms with Crippen LogP contribution >= 0.6 is 11.6 Å². The largest absolute Gasteiger partial charge is 0.379 e. The van der Waals surface area contributed by atoms with Crippen molar-refractivity contribution < 1.29 is 25.9 Å². The second kappa shape index (κ2) is 6.38. The zero-order chi connectivity index (χ0) is 18.1. The maximum Gasteiger partial charge on any atom is 0.340 e. The number of sulfone groups is 1. The number of rotatable bonds is 5. The fraction of sp³-hybridized carbons (Fsp3) is 0.0769. The zero-order valence-electron chi connectivity index (χ0n) is 12.0. The first kappa shape index (κ1) is 18.2. The number of nitro benzene ring substituents is 1. The predicted molar refractivity (Wildman–Crippen MR) is 85.5 cm³/mol. The molecule has 0 aliphatic rings. The van der Waals surface area contributed by atoms with E-state index in [1.54, 1.807) is 0 Å². The number of halogens is 1. The molecule has 0 aliphatic heterocycles. The summed E-state index contributed by atoms with van der Waals surface area (Å²) in [4.78, 5) is 9.00. The number of nitro groups is 1. The van der Waals surface area contributed by atoms with Crippen LogP contribution in [0.25, 0.3) is 0 Å². The van der Waals surface area contributed by atoms with Crippen LogP contribution in [0.15, 0.2) is 52.3 Å². The Balaban J connectivity index is 2.48. The third-order valence-electron chi connectivity index (χ3n) is 2.84. The lowest BCUT2D eigenvalue weighted by molar-refractivity contribution is -0.384. The van der Waals surface area contributed by atoms with Gasteiger partial charge in [-0.25, -0.2) is 8.42 Å². The Morgan fingerprint density at radius 2 is 1.62 bits per heavy atom. The molecule has 24 heavy (non-hydrogen) atoms. The molecule has 2 aromatic carbocycles. The van der Waals surface area contributed by atoms with Crippen molar-refractivity contribution in [3.05, 3.63) is 57.6 Å². The van der Waals surface area contributed by atoms with Crippen molar-refractivity contribution in [2.45, 2.75) is 9.79 Å². The first-order valence-corrected chi connectivity index (χ1v) is 9.87. The summed E-state index contributed by atoms with van der Waals surface area (Å²) in [5.41, 5.74) is -0.419. The lowest BCUT2D eigenvalue weighted by Gasteiger charge is -2.10. The van der Waals surface area contributed by atoms with Gasteiger partial charge in [-0.05, 0) is 18.2 Å². The fourth-order valence-electron chi connectivity index (χ4n) is 1.82. The van der Waals surface area contributed by atoms with Gasteiger partial charge >= 0.3 is 10.1 Å². The van der Waals surface area contributed by atoms with Crippen LogP contribution in [0.5, 0.6) is 5.75 Å². The van der Waals surface area contributed by atoms with Crippen LogP contribution < -0.4 is 4.18 Å². The van der Waals surface area contributed by atoms with Crippen LogP contribution in [0.1, 0.15) is 0 Å². The van der Waals surface area contributed by atoms with Crippen LogP contribution in [0.4, 0.5) is 5.69 Å². The molecule has 0 fully saturated rings. The molecule has 0 atom stereocenters. The minimum absolute atomic E-state index is 0.283. The molecule has 0 aliphatic carbocycles. The zero-order valence-corrected chi connectivity index (χ0v) is 14.4. The Bertz CT molecular complexity index is 1020. The third kappa shape index (κ3) is 3.83. The van der Waals surface area contributed by atoms with Crippen molar-refractivity contribution >= 4 is 37.2 Å². The van der Waals surface area contributed by atoms with Gasteiger partial charge in [-0.2, -0.15) is 8.42 Å². The highest BCUT2D eigenvalue weighted by Crippen LogP contribution is 2.31. The molecular formula is C13H10ClNO7S2. The van der Waals surface area contributed by atoms with E-state index in [9.17, 15) is 26.9 Å². The van der Waals surface area contributed by atoms with Crippen LogP contribution in [0, 0.1) is 10.1 Å². The molecule has 2 aromatic rings. The van der Waals surface area contributed by atoms with Gasteiger partial charge in [-0.3, -0.25) is 10.1 Å². The third-order valence-corrected chi connectivity index (χ3v) is 5.73. The summed E-state index contributed by atoms with van der Waals surface area (Å²) in [5.74, 6) is -0.283. The number of nitrogens with zero attached hydrogens (tertiary/aromatic N) is 1. The van der Waals surface area contributed by atoms with Gasteiger partial charge < -0.3 is 4.18 Å². The summed E-state index contributed by atoms with van der Waals surface area (Å²) in [5, 5.41) is 10.4. The summed E-state index contributed by atoms with van der Waals surface area (Å²) in [6.07, 6.45) is 0.865. The Hall–Kier alpha value is -2.17. The fourth-order valence-corrected chi connectivity index (χ4v) is 4.59. The molecule has 0 amide bonds. The van der Waals surface area contributed by atoms with Crippen LogP contribution in [-0.4, -0.2) is 28.0 Å². The molecular weight excluding hydrogens is 382 g/mol. The van der Waals surface area contributed by atoms with Crippen LogP contribution in [0.3, 0.4) is 0 Å². The van der Waals surface area contributed by atoms with Gasteiger partial charge in [0, 0.05) is 18.4 Å². The lowest BCUT2D eigenvalue weighted by Crippen LogP contribution is -2.14. The van der Waals surface area contributed by atoms with Gasteiger partial charge in [-0.15, -0.1) is 0 Å². The molecule has 0 N–H and O–H groups in total. The first-order chi connectivity index (χ1) is 11.0. The molecule has 0 bridgehead atoms. The summed E-state index contributed by atoms with van der Waals surface area (Å²) >= 11 is 5.69. The minimum atomic E-state index is -4.48. The van der Waals surface area contributed by atoms with Crippen molar-refractivity contribution in [2.24, 2.45) is 0 Å². The van der Waals surface area contributed by atoms with Gasteiger partial charge in [0.2, 0.25) is 0 Å². The van der Waals surface area contributed by atoms with E-state index in [-0.39, 0.29) is 10.8 Å². The molecule has 0 spiro atoms. The Kier molecular flexibility index (Phi) is 4.83. The van der Waals surface area contributed by atoms with Crippen molar-refractivity contribution in [2.75, 3.05) is 6.26 Å². The highest BCUT2D eigenvalue weighted by Gasteiger charge is 2.26. The van der Waals surface area contributed by atoms with Crippen molar-refractivity contribution in [3.63, 3.8) is 0 Å². The standard InChI is InChI=1S/C13H10ClNO7S2/c1-23(18,19)12-4-2-3-5-13(12)24(20,21)22-9-6-7-11(15(16)17)10(14)8-9/h2-8H,1H3. The molecule has 0 radical (unpaired) electrons. The number of hydrogen-bond donors (Lipinski definition) is 0. The topological polar surface area (TPSA) is 121 Å². The average molecular weight is 392 g/mol. The van der Waals surface area contributed by atoms with E-state index < -0.39 is 40.4 Å². The highest BCUT2D eigenvalue weighted by molar-refractivity contribution is 7.92. The Labute approximate surface area is 142 Å². The van der Waals surface area contributed by atoms with Gasteiger partial charge in [0.25, 0.3) is 5.69 Å². The van der Waals surface area contributed by atoms with E-state index in [0.717, 1.165) is 36.6 Å². The Morgan fingerprint density at radius 3 is 2.12 bits per heavy atom. The molecule has 2 rings (SSSR count). The molecule has 0 unspecified atom stereocenters.